The number of fused-ring (bicyclic) bond motifs is 1. The van der Waals surface area contributed by atoms with Crippen LogP contribution in [0.5, 0.6) is 0 Å². The fourth-order valence-electron chi connectivity index (χ4n) is 4.46. The molecule has 8 heteroatoms. The molecular formula is C24H40N4O4. The summed E-state index contributed by atoms with van der Waals surface area (Å²) < 4.78 is 10.7. The number of hydrogen-bond acceptors (Lipinski definition) is 6. The second-order valence-electron chi connectivity index (χ2n) is 11.3. The molecule has 1 saturated carbocycles. The van der Waals surface area contributed by atoms with Crippen LogP contribution in [0, 0.1) is 23.7 Å². The Balaban J connectivity index is 1.48. The molecule has 0 aromatic heterocycles. The normalized spacial score (nSPS) is 26.4. The minimum Gasteiger partial charge on any atom is -0.444 e. The maximum atomic E-state index is 12.2. The molecule has 0 aromatic carbocycles. The van der Waals surface area contributed by atoms with E-state index in [-0.39, 0.29) is 6.09 Å². The molecule has 0 radical (unpaired) electrons. The van der Waals surface area contributed by atoms with Crippen molar-refractivity contribution in [1.29, 1.82) is 0 Å². The number of likely N-dealkylation sites (tertiary alicyclic amines) is 1. The molecule has 1 aliphatic carbocycles. The third-order valence-corrected chi connectivity index (χ3v) is 6.05. The summed E-state index contributed by atoms with van der Waals surface area (Å²) in [6.45, 7) is 16.8. The van der Waals surface area contributed by atoms with Gasteiger partial charge in [-0.15, -0.1) is 0 Å². The number of alkyl carbamates (subject to hydrolysis) is 2. The highest BCUT2D eigenvalue weighted by molar-refractivity contribution is 5.93. The molecule has 0 spiro atoms. The van der Waals surface area contributed by atoms with Crippen molar-refractivity contribution in [2.45, 2.75) is 72.5 Å². The van der Waals surface area contributed by atoms with Gasteiger partial charge in [0.25, 0.3) is 0 Å². The molecule has 180 valence electrons. The highest BCUT2D eigenvalue weighted by Gasteiger charge is 2.46. The standard InChI is InChI=1S/C24H40N4O4/c1-15(16-8-10-28(14-16)11-9-25-21(29)31-23(2,3)4)20-18-12-17(18)13-19(26-20)27-22(30)32-24(5,6)7/h13,15-18H,8-12,14H2,1-7H3,(H,25,29)(H,27,30)/t15-,16?,17?,18-/m1/s1. The van der Waals surface area contributed by atoms with Gasteiger partial charge in [0.05, 0.1) is 0 Å². The van der Waals surface area contributed by atoms with E-state index >= 15 is 0 Å². The zero-order chi connectivity index (χ0) is 23.7. The van der Waals surface area contributed by atoms with E-state index in [1.165, 1.54) is 5.71 Å². The van der Waals surface area contributed by atoms with Crippen molar-refractivity contribution in [3.63, 3.8) is 0 Å². The van der Waals surface area contributed by atoms with E-state index in [4.69, 9.17) is 14.5 Å². The molecule has 1 saturated heterocycles. The molecule has 2 aliphatic heterocycles. The predicted molar refractivity (Wildman–Crippen MR) is 124 cm³/mol. The number of ether oxygens (including phenoxy) is 2. The molecule has 8 nitrogen and oxygen atoms in total. The molecular weight excluding hydrogens is 408 g/mol. The lowest BCUT2D eigenvalue weighted by molar-refractivity contribution is 0.0518. The van der Waals surface area contributed by atoms with Crippen molar-refractivity contribution < 1.29 is 19.1 Å². The molecule has 4 atom stereocenters. The summed E-state index contributed by atoms with van der Waals surface area (Å²) in [6.07, 6.45) is 3.47. The van der Waals surface area contributed by atoms with Crippen LogP contribution in [-0.2, 0) is 9.47 Å². The van der Waals surface area contributed by atoms with Gasteiger partial charge in [0.15, 0.2) is 0 Å². The summed E-state index contributed by atoms with van der Waals surface area (Å²) in [6, 6.07) is 0. The summed E-state index contributed by atoms with van der Waals surface area (Å²) in [4.78, 5) is 31.2. The monoisotopic (exact) mass is 448 g/mol. The largest absolute Gasteiger partial charge is 0.444 e. The molecule has 3 rings (SSSR count). The van der Waals surface area contributed by atoms with Gasteiger partial charge in [-0.3, -0.25) is 5.32 Å². The van der Waals surface area contributed by atoms with Crippen LogP contribution in [0.1, 0.15) is 61.3 Å². The van der Waals surface area contributed by atoms with Crippen molar-refractivity contribution in [3.05, 3.63) is 11.9 Å². The van der Waals surface area contributed by atoms with Gasteiger partial charge in [0.2, 0.25) is 0 Å². The van der Waals surface area contributed by atoms with Gasteiger partial charge in [-0.2, -0.15) is 0 Å². The first-order valence-electron chi connectivity index (χ1n) is 11.8. The second-order valence-corrected chi connectivity index (χ2v) is 11.3. The minimum absolute atomic E-state index is 0.359. The molecule has 2 amide bonds. The molecule has 32 heavy (non-hydrogen) atoms. The number of allylic oxidation sites excluding steroid dienone is 1. The van der Waals surface area contributed by atoms with E-state index in [9.17, 15) is 9.59 Å². The van der Waals surface area contributed by atoms with Gasteiger partial charge in [0, 0.05) is 31.3 Å². The Kier molecular flexibility index (Phi) is 7.22. The summed E-state index contributed by atoms with van der Waals surface area (Å²) in [5, 5.41) is 5.66. The van der Waals surface area contributed by atoms with Crippen molar-refractivity contribution in [2.75, 3.05) is 26.2 Å². The number of hydrogen-bond donors (Lipinski definition) is 2. The zero-order valence-corrected chi connectivity index (χ0v) is 20.7. The Morgan fingerprint density at radius 3 is 2.47 bits per heavy atom. The Morgan fingerprint density at radius 1 is 1.16 bits per heavy atom. The quantitative estimate of drug-likeness (QED) is 0.642. The van der Waals surface area contributed by atoms with Crippen LogP contribution in [-0.4, -0.2) is 60.2 Å². The van der Waals surface area contributed by atoms with Gasteiger partial charge in [-0.25, -0.2) is 14.6 Å². The topological polar surface area (TPSA) is 92.3 Å². The second kappa shape index (κ2) is 9.41. The zero-order valence-electron chi connectivity index (χ0n) is 20.7. The van der Waals surface area contributed by atoms with Gasteiger partial charge >= 0.3 is 12.2 Å². The smallest absolute Gasteiger partial charge is 0.413 e. The fourth-order valence-corrected chi connectivity index (χ4v) is 4.46. The Labute approximate surface area is 192 Å². The van der Waals surface area contributed by atoms with E-state index < -0.39 is 17.3 Å². The van der Waals surface area contributed by atoms with Crippen LogP contribution in [0.4, 0.5) is 9.59 Å². The predicted octanol–water partition coefficient (Wildman–Crippen LogP) is 3.93. The lowest BCUT2D eigenvalue weighted by Crippen LogP contribution is -2.37. The molecule has 3 aliphatic rings. The number of nitrogens with one attached hydrogen (secondary N) is 2. The molecule has 2 unspecified atom stereocenters. The molecule has 0 aromatic rings. The van der Waals surface area contributed by atoms with E-state index in [1.807, 2.05) is 41.5 Å². The first kappa shape index (κ1) is 24.6. The summed E-state index contributed by atoms with van der Waals surface area (Å²) in [7, 11) is 0. The molecule has 2 fully saturated rings. The van der Waals surface area contributed by atoms with Gasteiger partial charge in [-0.05, 0) is 84.8 Å². The third kappa shape index (κ3) is 7.22. The average molecular weight is 449 g/mol. The van der Waals surface area contributed by atoms with Crippen LogP contribution in [0.3, 0.4) is 0 Å². The SMILES string of the molecule is C[C@@H](C1=NC(NC(=O)OC(C)(C)C)=CC2C[C@@H]12)C1CCN(CCNC(=O)OC(C)(C)C)C1. The summed E-state index contributed by atoms with van der Waals surface area (Å²) in [5.74, 6) is 2.49. The van der Waals surface area contributed by atoms with Crippen LogP contribution >= 0.6 is 0 Å². The molecule has 2 N–H and O–H groups in total. The van der Waals surface area contributed by atoms with E-state index in [0.717, 1.165) is 32.5 Å². The van der Waals surface area contributed by atoms with Crippen LogP contribution in [0.25, 0.3) is 0 Å². The number of rotatable bonds is 6. The highest BCUT2D eigenvalue weighted by atomic mass is 16.6. The third-order valence-electron chi connectivity index (χ3n) is 6.05. The van der Waals surface area contributed by atoms with Crippen LogP contribution in [0.2, 0.25) is 0 Å². The van der Waals surface area contributed by atoms with Crippen molar-refractivity contribution in [3.8, 4) is 0 Å². The highest BCUT2D eigenvalue weighted by Crippen LogP contribution is 2.47. The summed E-state index contributed by atoms with van der Waals surface area (Å²) >= 11 is 0. The van der Waals surface area contributed by atoms with Crippen molar-refractivity contribution in [2.24, 2.45) is 28.7 Å². The van der Waals surface area contributed by atoms with Crippen LogP contribution < -0.4 is 10.6 Å². The van der Waals surface area contributed by atoms with Gasteiger partial charge in [0.1, 0.15) is 17.0 Å². The Morgan fingerprint density at radius 2 is 1.81 bits per heavy atom. The molecule has 2 heterocycles. The number of aliphatic imine (C=N–C) groups is 1. The van der Waals surface area contributed by atoms with Gasteiger partial charge < -0.3 is 19.7 Å². The summed E-state index contributed by atoms with van der Waals surface area (Å²) in [5.41, 5.74) is 0.195. The maximum absolute atomic E-state index is 12.2. The van der Waals surface area contributed by atoms with E-state index in [0.29, 0.717) is 36.0 Å². The first-order valence-corrected chi connectivity index (χ1v) is 11.8. The number of carbonyl (C=O) groups is 2. The Hall–Kier alpha value is -2.09. The van der Waals surface area contributed by atoms with Crippen molar-refractivity contribution in [1.82, 2.24) is 15.5 Å². The lowest BCUT2D eigenvalue weighted by Gasteiger charge is -2.25. The Bertz CT molecular complexity index is 778. The minimum atomic E-state index is -0.535. The molecule has 0 bridgehead atoms. The average Bonchev–Trinajstić information content (AvgIpc) is 3.24. The van der Waals surface area contributed by atoms with Crippen LogP contribution in [0.15, 0.2) is 16.9 Å². The number of carbonyl (C=O) groups excluding carboxylic acids is 2. The maximum Gasteiger partial charge on any atom is 0.413 e. The lowest BCUT2D eigenvalue weighted by atomic mass is 9.86. The number of nitrogens with zero attached hydrogens (tertiary/aromatic N) is 2. The van der Waals surface area contributed by atoms with E-state index in [2.05, 4.69) is 28.5 Å². The van der Waals surface area contributed by atoms with Gasteiger partial charge in [-0.1, -0.05) is 6.92 Å². The van der Waals surface area contributed by atoms with E-state index in [1.54, 1.807) is 0 Å². The van der Waals surface area contributed by atoms with Crippen molar-refractivity contribution >= 4 is 17.9 Å². The first-order chi connectivity index (χ1) is 14.8. The fraction of sp³-hybridized carbons (Fsp3) is 0.792. The number of amides is 2.